The zero-order valence-electron chi connectivity index (χ0n) is 15.8. The predicted molar refractivity (Wildman–Crippen MR) is 110 cm³/mol. The topological polar surface area (TPSA) is 90.9 Å². The highest BCUT2D eigenvalue weighted by atomic mass is 35.5. The Bertz CT molecular complexity index is 844. The molecule has 3 aliphatic heterocycles. The molecule has 9 heteroatoms. The molecule has 7 nitrogen and oxygen atoms in total. The molecule has 0 spiro atoms. The van der Waals surface area contributed by atoms with Gasteiger partial charge in [-0.2, -0.15) is 8.42 Å². The van der Waals surface area contributed by atoms with Gasteiger partial charge in [-0.25, -0.2) is 0 Å². The number of carbonyl (C=O) groups excluding carboxylic acids is 1. The number of amidine groups is 1. The first kappa shape index (κ1) is 21.1. The number of nitrogens with one attached hydrogen (secondary N) is 2. The second kappa shape index (κ2) is 8.80. The Morgan fingerprint density at radius 3 is 2.68 bits per heavy atom. The average molecular weight is 427 g/mol. The number of sulfonamides is 1. The van der Waals surface area contributed by atoms with Crippen molar-refractivity contribution in [3.05, 3.63) is 29.8 Å². The number of piperidine rings is 1. The van der Waals surface area contributed by atoms with E-state index in [1.165, 1.54) is 6.42 Å². The van der Waals surface area contributed by atoms with Gasteiger partial charge in [0.25, 0.3) is 10.0 Å². The zero-order valence-corrected chi connectivity index (χ0v) is 17.4. The van der Waals surface area contributed by atoms with Crippen molar-refractivity contribution in [3.63, 3.8) is 0 Å². The molecule has 0 radical (unpaired) electrons. The maximum Gasteiger partial charge on any atom is 0.285 e. The van der Waals surface area contributed by atoms with E-state index in [1.807, 2.05) is 11.0 Å². The number of hydrogen-bond acceptors (Lipinski definition) is 5. The highest BCUT2D eigenvalue weighted by Gasteiger charge is 2.34. The van der Waals surface area contributed by atoms with Crippen molar-refractivity contribution < 1.29 is 13.2 Å². The number of amides is 1. The summed E-state index contributed by atoms with van der Waals surface area (Å²) in [6, 6.07) is 6.94. The van der Waals surface area contributed by atoms with Gasteiger partial charge in [0.05, 0.1) is 0 Å². The summed E-state index contributed by atoms with van der Waals surface area (Å²) in [5.74, 6) is 1.33. The highest BCUT2D eigenvalue weighted by molar-refractivity contribution is 7.90. The van der Waals surface area contributed by atoms with Crippen molar-refractivity contribution in [3.8, 4) is 0 Å². The van der Waals surface area contributed by atoms with Gasteiger partial charge in [-0.15, -0.1) is 16.8 Å². The predicted octanol–water partition coefficient (Wildman–Crippen LogP) is 1.39. The van der Waals surface area contributed by atoms with E-state index in [-0.39, 0.29) is 29.1 Å². The third-order valence-electron chi connectivity index (χ3n) is 5.79. The fourth-order valence-electron chi connectivity index (χ4n) is 4.17. The Labute approximate surface area is 172 Å². The molecule has 1 amide bonds. The van der Waals surface area contributed by atoms with Gasteiger partial charge in [0.1, 0.15) is 4.90 Å². The van der Waals surface area contributed by atoms with Gasteiger partial charge in [-0.05, 0) is 56.8 Å². The van der Waals surface area contributed by atoms with Gasteiger partial charge in [0.2, 0.25) is 5.91 Å². The molecular formula is C19H27ClN4O3S. The summed E-state index contributed by atoms with van der Waals surface area (Å²) in [6.07, 6.45) is 3.67. The molecule has 0 aliphatic carbocycles. The summed E-state index contributed by atoms with van der Waals surface area (Å²) in [5.41, 5.74) is 0.672. The fourth-order valence-corrected chi connectivity index (χ4v) is 5.40. The molecule has 3 aliphatic rings. The normalized spacial score (nSPS) is 23.6. The summed E-state index contributed by atoms with van der Waals surface area (Å²) in [5, 5.41) is 6.43. The number of hydrogen-bond donors (Lipinski definition) is 2. The van der Waals surface area contributed by atoms with E-state index >= 15 is 0 Å². The summed E-state index contributed by atoms with van der Waals surface area (Å²) in [4.78, 5) is 14.7. The van der Waals surface area contributed by atoms with Gasteiger partial charge in [0.15, 0.2) is 5.84 Å². The molecule has 1 atom stereocenters. The molecule has 4 rings (SSSR count). The molecule has 3 heterocycles. The number of likely N-dealkylation sites (tertiary alicyclic amines) is 1. The van der Waals surface area contributed by atoms with E-state index in [2.05, 4.69) is 15.0 Å². The first-order valence-electron chi connectivity index (χ1n) is 9.72. The summed E-state index contributed by atoms with van der Waals surface area (Å²) in [7, 11) is -3.59. The van der Waals surface area contributed by atoms with Gasteiger partial charge < -0.3 is 15.5 Å². The fraction of sp³-hybridized carbons (Fsp3) is 0.579. The van der Waals surface area contributed by atoms with Crippen LogP contribution in [0.2, 0.25) is 0 Å². The molecule has 28 heavy (non-hydrogen) atoms. The molecule has 2 fully saturated rings. The SMILES string of the molecule is Cl.O=C(NCCC1CCNC1)C1CCN(C2=NS(=O)(=O)c3ccccc32)CC1. The minimum Gasteiger partial charge on any atom is -0.356 e. The van der Waals surface area contributed by atoms with Crippen molar-refractivity contribution in [1.82, 2.24) is 15.5 Å². The van der Waals surface area contributed by atoms with E-state index in [1.54, 1.807) is 18.2 Å². The van der Waals surface area contributed by atoms with Gasteiger partial charge in [-0.3, -0.25) is 4.79 Å². The molecule has 0 saturated carbocycles. The van der Waals surface area contributed by atoms with E-state index in [0.29, 0.717) is 30.4 Å². The van der Waals surface area contributed by atoms with E-state index in [0.717, 1.165) is 38.9 Å². The summed E-state index contributed by atoms with van der Waals surface area (Å²) in [6.45, 7) is 4.17. The molecule has 0 aromatic heterocycles. The lowest BCUT2D eigenvalue weighted by Gasteiger charge is -2.32. The molecule has 2 saturated heterocycles. The lowest BCUT2D eigenvalue weighted by molar-refractivity contribution is -0.126. The quantitative estimate of drug-likeness (QED) is 0.759. The van der Waals surface area contributed by atoms with Crippen LogP contribution in [-0.4, -0.2) is 57.8 Å². The van der Waals surface area contributed by atoms with Crippen LogP contribution in [0.1, 0.15) is 31.2 Å². The van der Waals surface area contributed by atoms with Crippen molar-refractivity contribution in [2.24, 2.45) is 16.2 Å². The first-order chi connectivity index (χ1) is 13.0. The Kier molecular flexibility index (Phi) is 6.62. The van der Waals surface area contributed by atoms with Crippen LogP contribution in [0.15, 0.2) is 33.6 Å². The van der Waals surface area contributed by atoms with E-state index in [9.17, 15) is 13.2 Å². The maximum absolute atomic E-state index is 12.4. The van der Waals surface area contributed by atoms with Crippen molar-refractivity contribution in [2.45, 2.75) is 30.6 Å². The second-order valence-corrected chi connectivity index (χ2v) is 9.16. The Hall–Kier alpha value is -1.64. The number of fused-ring (bicyclic) bond motifs is 1. The van der Waals surface area contributed by atoms with Crippen molar-refractivity contribution in [2.75, 3.05) is 32.7 Å². The van der Waals surface area contributed by atoms with E-state index in [4.69, 9.17) is 0 Å². The smallest absolute Gasteiger partial charge is 0.285 e. The monoisotopic (exact) mass is 426 g/mol. The minimum atomic E-state index is -3.59. The van der Waals surface area contributed by atoms with Crippen molar-refractivity contribution >= 4 is 34.2 Å². The second-order valence-electron chi connectivity index (χ2n) is 7.59. The third-order valence-corrected chi connectivity index (χ3v) is 7.12. The Morgan fingerprint density at radius 1 is 1.21 bits per heavy atom. The standard InChI is InChI=1S/C19H26N4O3S.ClH/c24-19(21-10-6-14-5-9-20-13-14)15-7-11-23(12-8-15)18-16-3-1-2-4-17(16)27(25,26)22-18;/h1-4,14-15,20H,5-13H2,(H,21,24);1H. The highest BCUT2D eigenvalue weighted by Crippen LogP contribution is 2.29. The number of benzene rings is 1. The molecule has 1 unspecified atom stereocenters. The number of rotatable bonds is 4. The summed E-state index contributed by atoms with van der Waals surface area (Å²) < 4.78 is 28.4. The number of halogens is 1. The maximum atomic E-state index is 12.4. The summed E-state index contributed by atoms with van der Waals surface area (Å²) >= 11 is 0. The van der Waals surface area contributed by atoms with Crippen LogP contribution in [0.25, 0.3) is 0 Å². The largest absolute Gasteiger partial charge is 0.356 e. The third kappa shape index (κ3) is 4.34. The average Bonchev–Trinajstić information content (AvgIpc) is 3.28. The van der Waals surface area contributed by atoms with Gasteiger partial charge in [-0.1, -0.05) is 12.1 Å². The first-order valence-corrected chi connectivity index (χ1v) is 11.2. The van der Waals surface area contributed by atoms with Gasteiger partial charge in [0, 0.05) is 31.1 Å². The van der Waals surface area contributed by atoms with Crippen LogP contribution in [0.4, 0.5) is 0 Å². The van der Waals surface area contributed by atoms with Crippen LogP contribution in [0.5, 0.6) is 0 Å². The van der Waals surface area contributed by atoms with Gasteiger partial charge >= 0.3 is 0 Å². The van der Waals surface area contributed by atoms with Crippen LogP contribution >= 0.6 is 12.4 Å². The molecule has 2 N–H and O–H groups in total. The van der Waals surface area contributed by atoms with Crippen LogP contribution < -0.4 is 10.6 Å². The van der Waals surface area contributed by atoms with Crippen LogP contribution in [0.3, 0.4) is 0 Å². The lowest BCUT2D eigenvalue weighted by atomic mass is 9.95. The molecular weight excluding hydrogens is 400 g/mol. The molecule has 154 valence electrons. The Morgan fingerprint density at radius 2 is 1.96 bits per heavy atom. The number of nitrogens with zero attached hydrogens (tertiary/aromatic N) is 2. The van der Waals surface area contributed by atoms with Crippen LogP contribution in [-0.2, 0) is 14.8 Å². The molecule has 1 aromatic rings. The molecule has 1 aromatic carbocycles. The zero-order chi connectivity index (χ0) is 18.9. The minimum absolute atomic E-state index is 0. The number of carbonyl (C=O) groups is 1. The molecule has 0 bridgehead atoms. The van der Waals surface area contributed by atoms with E-state index < -0.39 is 10.0 Å². The lowest BCUT2D eigenvalue weighted by Crippen LogP contribution is -2.43. The van der Waals surface area contributed by atoms with Crippen LogP contribution in [0, 0.1) is 11.8 Å². The van der Waals surface area contributed by atoms with Crippen molar-refractivity contribution in [1.29, 1.82) is 0 Å². The Balaban J connectivity index is 0.00000225.